The predicted molar refractivity (Wildman–Crippen MR) is 55.5 cm³/mol. The van der Waals surface area contributed by atoms with E-state index in [2.05, 4.69) is 0 Å². The standard InChI is InChI=1S/C11H12F3NO2/c12-11(13,14)10(8(15)6-9(16)17)7-4-2-1-3-5-7/h1-5,8,10H,6,15H2,(H,16,17). The van der Waals surface area contributed by atoms with Crippen molar-refractivity contribution in [3.05, 3.63) is 35.9 Å². The molecule has 0 radical (unpaired) electrons. The van der Waals surface area contributed by atoms with E-state index >= 15 is 0 Å². The number of halogens is 3. The van der Waals surface area contributed by atoms with Crippen LogP contribution in [0.1, 0.15) is 17.9 Å². The number of carboxylic acids is 1. The summed E-state index contributed by atoms with van der Waals surface area (Å²) in [6.07, 6.45) is -5.28. The lowest BCUT2D eigenvalue weighted by atomic mass is 9.89. The lowest BCUT2D eigenvalue weighted by Crippen LogP contribution is -2.39. The monoisotopic (exact) mass is 247 g/mol. The largest absolute Gasteiger partial charge is 0.481 e. The fourth-order valence-corrected chi connectivity index (χ4v) is 1.66. The van der Waals surface area contributed by atoms with E-state index in [9.17, 15) is 18.0 Å². The quantitative estimate of drug-likeness (QED) is 0.856. The van der Waals surface area contributed by atoms with Crippen molar-refractivity contribution >= 4 is 5.97 Å². The first-order chi connectivity index (χ1) is 7.82. The summed E-state index contributed by atoms with van der Waals surface area (Å²) in [5.74, 6) is -3.30. The van der Waals surface area contributed by atoms with E-state index in [1.54, 1.807) is 6.07 Å². The van der Waals surface area contributed by atoms with Crippen LogP contribution in [0.2, 0.25) is 0 Å². The van der Waals surface area contributed by atoms with Crippen molar-refractivity contribution in [3.8, 4) is 0 Å². The van der Waals surface area contributed by atoms with E-state index in [-0.39, 0.29) is 5.56 Å². The normalized spacial score (nSPS) is 15.3. The molecule has 0 aromatic heterocycles. The third kappa shape index (κ3) is 3.74. The zero-order valence-electron chi connectivity index (χ0n) is 8.82. The average molecular weight is 247 g/mol. The number of hydrogen-bond acceptors (Lipinski definition) is 2. The van der Waals surface area contributed by atoms with Crippen LogP contribution in [0.5, 0.6) is 0 Å². The Bertz CT molecular complexity index is 378. The van der Waals surface area contributed by atoms with E-state index in [1.165, 1.54) is 24.3 Å². The summed E-state index contributed by atoms with van der Waals surface area (Å²) in [7, 11) is 0. The summed E-state index contributed by atoms with van der Waals surface area (Å²) < 4.78 is 38.5. The first kappa shape index (κ1) is 13.5. The molecule has 0 bridgehead atoms. The number of aliphatic carboxylic acids is 1. The number of hydrogen-bond donors (Lipinski definition) is 2. The van der Waals surface area contributed by atoms with Gasteiger partial charge in [-0.05, 0) is 5.56 Å². The van der Waals surface area contributed by atoms with Crippen molar-refractivity contribution in [2.45, 2.75) is 24.6 Å². The zero-order chi connectivity index (χ0) is 13.1. The molecule has 1 rings (SSSR count). The van der Waals surface area contributed by atoms with Crippen molar-refractivity contribution in [2.24, 2.45) is 5.73 Å². The van der Waals surface area contributed by atoms with Crippen LogP contribution in [0, 0.1) is 0 Å². The Labute approximate surface area is 96.0 Å². The maximum absolute atomic E-state index is 12.8. The van der Waals surface area contributed by atoms with Crippen molar-refractivity contribution in [1.29, 1.82) is 0 Å². The minimum absolute atomic E-state index is 0.0197. The molecule has 1 aromatic carbocycles. The first-order valence-electron chi connectivity index (χ1n) is 4.91. The van der Waals surface area contributed by atoms with Crippen LogP contribution >= 0.6 is 0 Å². The van der Waals surface area contributed by atoms with Crippen LogP contribution in [-0.4, -0.2) is 23.3 Å². The second kappa shape index (κ2) is 5.18. The van der Waals surface area contributed by atoms with Crippen LogP contribution in [-0.2, 0) is 4.79 Å². The molecule has 6 heteroatoms. The van der Waals surface area contributed by atoms with Crippen LogP contribution in [0.25, 0.3) is 0 Å². The number of rotatable bonds is 4. The van der Waals surface area contributed by atoms with Crippen molar-refractivity contribution in [3.63, 3.8) is 0 Å². The molecule has 0 fully saturated rings. The Hall–Kier alpha value is -1.56. The van der Waals surface area contributed by atoms with Crippen LogP contribution in [0.4, 0.5) is 13.2 Å². The van der Waals surface area contributed by atoms with Gasteiger partial charge in [-0.25, -0.2) is 0 Å². The van der Waals surface area contributed by atoms with Gasteiger partial charge in [0.1, 0.15) is 0 Å². The summed E-state index contributed by atoms with van der Waals surface area (Å²) >= 11 is 0. The molecule has 2 unspecified atom stereocenters. The van der Waals surface area contributed by atoms with Gasteiger partial charge in [-0.2, -0.15) is 13.2 Å². The highest BCUT2D eigenvalue weighted by Crippen LogP contribution is 2.37. The summed E-state index contributed by atoms with van der Waals surface area (Å²) in [4.78, 5) is 10.4. The third-order valence-corrected chi connectivity index (χ3v) is 2.35. The van der Waals surface area contributed by atoms with Gasteiger partial charge in [0.15, 0.2) is 0 Å². The van der Waals surface area contributed by atoms with E-state index in [0.717, 1.165) is 0 Å². The molecular formula is C11H12F3NO2. The molecule has 0 saturated carbocycles. The highest BCUT2D eigenvalue weighted by atomic mass is 19.4. The molecule has 0 aliphatic rings. The number of carboxylic acid groups (broad SMARTS) is 1. The SMILES string of the molecule is NC(CC(=O)O)C(c1ccccc1)C(F)(F)F. The Morgan fingerprint density at radius 3 is 2.24 bits per heavy atom. The lowest BCUT2D eigenvalue weighted by Gasteiger charge is -2.25. The van der Waals surface area contributed by atoms with Crippen molar-refractivity contribution in [2.75, 3.05) is 0 Å². The van der Waals surface area contributed by atoms with Gasteiger partial charge >= 0.3 is 12.1 Å². The highest BCUT2D eigenvalue weighted by molar-refractivity contribution is 5.67. The van der Waals surface area contributed by atoms with E-state index < -0.39 is 30.5 Å². The van der Waals surface area contributed by atoms with Crippen molar-refractivity contribution in [1.82, 2.24) is 0 Å². The molecule has 3 nitrogen and oxygen atoms in total. The average Bonchev–Trinajstić information content (AvgIpc) is 2.15. The maximum atomic E-state index is 12.8. The number of benzene rings is 1. The van der Waals surface area contributed by atoms with Crippen LogP contribution < -0.4 is 5.73 Å². The Kier molecular flexibility index (Phi) is 4.11. The molecule has 0 saturated heterocycles. The molecule has 0 aliphatic carbocycles. The second-order valence-corrected chi connectivity index (χ2v) is 3.69. The predicted octanol–water partition coefficient (Wildman–Crippen LogP) is 2.13. The zero-order valence-corrected chi connectivity index (χ0v) is 8.82. The Morgan fingerprint density at radius 2 is 1.82 bits per heavy atom. The number of carbonyl (C=O) groups is 1. The summed E-state index contributed by atoms with van der Waals surface area (Å²) in [5, 5.41) is 8.50. The molecule has 0 spiro atoms. The third-order valence-electron chi connectivity index (χ3n) is 2.35. The molecule has 0 aliphatic heterocycles. The number of nitrogens with two attached hydrogens (primary N) is 1. The number of alkyl halides is 3. The first-order valence-corrected chi connectivity index (χ1v) is 4.91. The Morgan fingerprint density at radius 1 is 1.29 bits per heavy atom. The fourth-order valence-electron chi connectivity index (χ4n) is 1.66. The second-order valence-electron chi connectivity index (χ2n) is 3.69. The van der Waals surface area contributed by atoms with E-state index in [1.807, 2.05) is 0 Å². The van der Waals surface area contributed by atoms with Gasteiger partial charge in [-0.3, -0.25) is 4.79 Å². The van der Waals surface area contributed by atoms with Gasteiger partial charge in [0.25, 0.3) is 0 Å². The van der Waals surface area contributed by atoms with E-state index in [0.29, 0.717) is 0 Å². The molecule has 3 N–H and O–H groups in total. The molecule has 17 heavy (non-hydrogen) atoms. The van der Waals surface area contributed by atoms with Gasteiger partial charge in [-0.1, -0.05) is 30.3 Å². The minimum atomic E-state index is -4.56. The van der Waals surface area contributed by atoms with Gasteiger partial charge in [0, 0.05) is 6.04 Å². The van der Waals surface area contributed by atoms with E-state index in [4.69, 9.17) is 10.8 Å². The molecular weight excluding hydrogens is 235 g/mol. The van der Waals surface area contributed by atoms with Gasteiger partial charge in [0.05, 0.1) is 12.3 Å². The van der Waals surface area contributed by atoms with Gasteiger partial charge < -0.3 is 10.8 Å². The molecule has 2 atom stereocenters. The van der Waals surface area contributed by atoms with Gasteiger partial charge in [-0.15, -0.1) is 0 Å². The summed E-state index contributed by atoms with van der Waals surface area (Å²) in [6.45, 7) is 0. The maximum Gasteiger partial charge on any atom is 0.397 e. The van der Waals surface area contributed by atoms with Crippen molar-refractivity contribution < 1.29 is 23.1 Å². The summed E-state index contributed by atoms with van der Waals surface area (Å²) in [5.41, 5.74) is 5.32. The Balaban J connectivity index is 3.01. The highest BCUT2D eigenvalue weighted by Gasteiger charge is 2.44. The van der Waals surface area contributed by atoms with Gasteiger partial charge in [0.2, 0.25) is 0 Å². The molecule has 1 aromatic rings. The molecule has 0 amide bonds. The topological polar surface area (TPSA) is 63.3 Å². The van der Waals surface area contributed by atoms with Crippen LogP contribution in [0.15, 0.2) is 30.3 Å². The lowest BCUT2D eigenvalue weighted by molar-refractivity contribution is -0.158. The molecule has 0 heterocycles. The molecule has 94 valence electrons. The fraction of sp³-hybridized carbons (Fsp3) is 0.364. The summed E-state index contributed by atoms with van der Waals surface area (Å²) in [6, 6.07) is 5.59. The minimum Gasteiger partial charge on any atom is -0.481 e. The van der Waals surface area contributed by atoms with Crippen LogP contribution in [0.3, 0.4) is 0 Å². The smallest absolute Gasteiger partial charge is 0.397 e.